The summed E-state index contributed by atoms with van der Waals surface area (Å²) in [5.41, 5.74) is 6.45. The number of hydrogen-bond donors (Lipinski definition) is 0. The summed E-state index contributed by atoms with van der Waals surface area (Å²) in [4.78, 5) is 4.77. The van der Waals surface area contributed by atoms with Gasteiger partial charge in [0.1, 0.15) is 5.75 Å². The number of nitrogens with zero attached hydrogens (tertiary/aromatic N) is 2. The van der Waals surface area contributed by atoms with Gasteiger partial charge in [-0.1, -0.05) is 67.2 Å². The van der Waals surface area contributed by atoms with Crippen LogP contribution in [0, 0.1) is 0 Å². The van der Waals surface area contributed by atoms with Crippen molar-refractivity contribution in [2.24, 2.45) is 0 Å². The van der Waals surface area contributed by atoms with Crippen molar-refractivity contribution < 1.29 is 4.74 Å². The number of para-hydroxylation sites is 1. The topological polar surface area (TPSA) is 27.1 Å². The highest BCUT2D eigenvalue weighted by atomic mass is 16.5. The highest BCUT2D eigenvalue weighted by molar-refractivity contribution is 6.11. The highest BCUT2D eigenvalue weighted by Gasteiger charge is 2.17. The molecule has 2 aromatic heterocycles. The molecular formula is C27H22N2O. The zero-order valence-corrected chi connectivity index (χ0v) is 16.9. The molecule has 0 fully saturated rings. The molecule has 0 saturated carbocycles. The molecule has 5 aromatic rings. The number of benzene rings is 3. The smallest absolute Gasteiger partial charge is 0.118 e. The van der Waals surface area contributed by atoms with Crippen LogP contribution in [0.2, 0.25) is 0 Å². The average molecular weight is 390 g/mol. The van der Waals surface area contributed by atoms with Gasteiger partial charge in [0.2, 0.25) is 0 Å². The lowest BCUT2D eigenvalue weighted by Crippen LogP contribution is -2.03. The summed E-state index contributed by atoms with van der Waals surface area (Å²) in [6.07, 6.45) is 1.88. The van der Waals surface area contributed by atoms with Gasteiger partial charge in [0.25, 0.3) is 0 Å². The maximum atomic E-state index is 5.32. The van der Waals surface area contributed by atoms with Crippen LogP contribution in [0.1, 0.15) is 16.8 Å². The van der Waals surface area contributed by atoms with Crippen LogP contribution in [-0.4, -0.2) is 16.7 Å². The van der Waals surface area contributed by atoms with Gasteiger partial charge >= 0.3 is 0 Å². The summed E-state index contributed by atoms with van der Waals surface area (Å²) in [6, 6.07) is 29.1. The van der Waals surface area contributed by atoms with Crippen LogP contribution in [0.25, 0.3) is 27.4 Å². The summed E-state index contributed by atoms with van der Waals surface area (Å²) in [5.74, 6) is 0.862. The lowest BCUT2D eigenvalue weighted by molar-refractivity contribution is 0.414. The Morgan fingerprint density at radius 3 is 2.37 bits per heavy atom. The molecule has 0 radical (unpaired) electrons. The zero-order valence-electron chi connectivity index (χ0n) is 16.9. The molecule has 146 valence electrons. The van der Waals surface area contributed by atoms with Crippen LogP contribution < -0.4 is 4.74 Å². The Hall–Kier alpha value is -3.85. The van der Waals surface area contributed by atoms with E-state index in [0.717, 1.165) is 34.6 Å². The van der Waals surface area contributed by atoms with Crippen LogP contribution in [0.15, 0.2) is 97.7 Å². The molecule has 3 aromatic carbocycles. The molecule has 0 aliphatic carbocycles. The van der Waals surface area contributed by atoms with Gasteiger partial charge in [-0.25, -0.2) is 0 Å². The summed E-state index contributed by atoms with van der Waals surface area (Å²) >= 11 is 0. The molecule has 3 heteroatoms. The van der Waals surface area contributed by atoms with Gasteiger partial charge in [0.05, 0.1) is 18.3 Å². The van der Waals surface area contributed by atoms with E-state index < -0.39 is 0 Å². The molecule has 0 bridgehead atoms. The first kappa shape index (κ1) is 18.2. The standard InChI is InChI=1S/C27H22N2O/c1-19(21-8-4-3-5-9-21)26-27-24(16-17-28-26)23-10-6-7-11-25(23)29(27)18-20-12-14-22(30-2)15-13-20/h3-17H,1,18H2,2H3. The third kappa shape index (κ3) is 3.05. The Morgan fingerprint density at radius 2 is 1.60 bits per heavy atom. The highest BCUT2D eigenvalue weighted by Crippen LogP contribution is 2.34. The minimum atomic E-state index is 0.745. The molecule has 0 aliphatic heterocycles. The average Bonchev–Trinajstić information content (AvgIpc) is 3.13. The lowest BCUT2D eigenvalue weighted by Gasteiger charge is -2.13. The second-order valence-corrected chi connectivity index (χ2v) is 7.35. The van der Waals surface area contributed by atoms with E-state index in [1.165, 1.54) is 21.9 Å². The number of aromatic nitrogens is 2. The van der Waals surface area contributed by atoms with E-state index in [4.69, 9.17) is 9.72 Å². The first-order valence-electron chi connectivity index (χ1n) is 10.00. The Kier molecular flexibility index (Phi) is 4.56. The maximum Gasteiger partial charge on any atom is 0.118 e. The van der Waals surface area contributed by atoms with Crippen molar-refractivity contribution in [1.82, 2.24) is 9.55 Å². The van der Waals surface area contributed by atoms with Crippen molar-refractivity contribution >= 4 is 27.4 Å². The van der Waals surface area contributed by atoms with E-state index in [1.54, 1.807) is 7.11 Å². The fourth-order valence-corrected chi connectivity index (χ4v) is 4.08. The van der Waals surface area contributed by atoms with Crippen molar-refractivity contribution in [3.05, 3.63) is 115 Å². The van der Waals surface area contributed by atoms with Gasteiger partial charge in [-0.15, -0.1) is 0 Å². The predicted molar refractivity (Wildman–Crippen MR) is 124 cm³/mol. The van der Waals surface area contributed by atoms with Gasteiger partial charge in [0.15, 0.2) is 0 Å². The first-order chi connectivity index (χ1) is 14.8. The predicted octanol–water partition coefficient (Wildman–Crippen LogP) is 6.31. The summed E-state index contributed by atoms with van der Waals surface area (Å²) in [5, 5.41) is 2.42. The van der Waals surface area contributed by atoms with Crippen molar-refractivity contribution in [2.75, 3.05) is 7.11 Å². The molecule has 0 atom stereocenters. The van der Waals surface area contributed by atoms with E-state index in [1.807, 2.05) is 36.5 Å². The third-order valence-electron chi connectivity index (χ3n) is 5.59. The lowest BCUT2D eigenvalue weighted by atomic mass is 10.0. The van der Waals surface area contributed by atoms with Crippen molar-refractivity contribution in [3.63, 3.8) is 0 Å². The van der Waals surface area contributed by atoms with Crippen LogP contribution in [0.5, 0.6) is 5.75 Å². The van der Waals surface area contributed by atoms with Gasteiger partial charge < -0.3 is 9.30 Å². The minimum absolute atomic E-state index is 0.745. The molecule has 2 heterocycles. The largest absolute Gasteiger partial charge is 0.497 e. The summed E-state index contributed by atoms with van der Waals surface area (Å²) in [6.45, 7) is 5.14. The van der Waals surface area contributed by atoms with Gasteiger partial charge in [-0.3, -0.25) is 4.98 Å². The van der Waals surface area contributed by atoms with E-state index in [-0.39, 0.29) is 0 Å². The molecule has 5 rings (SSSR count). The Balaban J connectivity index is 1.74. The van der Waals surface area contributed by atoms with E-state index >= 15 is 0 Å². The quantitative estimate of drug-likeness (QED) is 0.352. The summed E-state index contributed by atoms with van der Waals surface area (Å²) < 4.78 is 7.67. The molecule has 3 nitrogen and oxygen atoms in total. The fourth-order valence-electron chi connectivity index (χ4n) is 4.08. The second-order valence-electron chi connectivity index (χ2n) is 7.35. The summed E-state index contributed by atoms with van der Waals surface area (Å²) in [7, 11) is 1.69. The van der Waals surface area contributed by atoms with E-state index in [0.29, 0.717) is 0 Å². The van der Waals surface area contributed by atoms with Crippen LogP contribution >= 0.6 is 0 Å². The Labute approximate surface area is 175 Å². The van der Waals surface area contributed by atoms with E-state index in [2.05, 4.69) is 65.7 Å². The monoisotopic (exact) mass is 390 g/mol. The molecule has 0 N–H and O–H groups in total. The Bertz CT molecular complexity index is 1350. The molecule has 0 saturated heterocycles. The van der Waals surface area contributed by atoms with Crippen molar-refractivity contribution in [1.29, 1.82) is 0 Å². The van der Waals surface area contributed by atoms with Crippen molar-refractivity contribution in [2.45, 2.75) is 6.54 Å². The minimum Gasteiger partial charge on any atom is -0.497 e. The number of methoxy groups -OCH3 is 1. The van der Waals surface area contributed by atoms with Gasteiger partial charge in [-0.2, -0.15) is 0 Å². The van der Waals surface area contributed by atoms with E-state index in [9.17, 15) is 0 Å². The van der Waals surface area contributed by atoms with Crippen LogP contribution in [-0.2, 0) is 6.54 Å². The Morgan fingerprint density at radius 1 is 0.867 bits per heavy atom. The van der Waals surface area contributed by atoms with Gasteiger partial charge in [0, 0.05) is 34.6 Å². The van der Waals surface area contributed by atoms with Crippen LogP contribution in [0.4, 0.5) is 0 Å². The molecule has 0 unspecified atom stereocenters. The number of hydrogen-bond acceptors (Lipinski definition) is 2. The zero-order chi connectivity index (χ0) is 20.5. The van der Waals surface area contributed by atoms with Crippen molar-refractivity contribution in [3.8, 4) is 5.75 Å². The SMILES string of the molecule is C=C(c1ccccc1)c1nccc2c3ccccc3n(Cc3ccc(OC)cc3)c12. The first-order valence-corrected chi connectivity index (χ1v) is 10.00. The van der Waals surface area contributed by atoms with Gasteiger partial charge in [-0.05, 0) is 35.4 Å². The number of rotatable bonds is 5. The van der Waals surface area contributed by atoms with Crippen LogP contribution in [0.3, 0.4) is 0 Å². The normalized spacial score (nSPS) is 11.1. The second kappa shape index (κ2) is 7.53. The number of ether oxygens (including phenoxy) is 1. The molecular weight excluding hydrogens is 368 g/mol. The fraction of sp³-hybridized carbons (Fsp3) is 0.0741. The number of fused-ring (bicyclic) bond motifs is 3. The maximum absolute atomic E-state index is 5.32. The molecule has 30 heavy (non-hydrogen) atoms. The molecule has 0 spiro atoms. The number of pyridine rings is 1. The third-order valence-corrected chi connectivity index (χ3v) is 5.59. The molecule has 0 amide bonds. The molecule has 0 aliphatic rings.